The average molecular weight is 285 g/mol. The fourth-order valence-electron chi connectivity index (χ4n) is 2.63. The summed E-state index contributed by atoms with van der Waals surface area (Å²) in [7, 11) is -1.74. The second-order valence-electron chi connectivity index (χ2n) is 5.21. The first-order chi connectivity index (χ1) is 9.05. The normalized spacial score (nSPS) is 18.7. The van der Waals surface area contributed by atoms with E-state index in [1.807, 2.05) is 6.92 Å². The lowest BCUT2D eigenvalue weighted by Gasteiger charge is -2.25. The Morgan fingerprint density at radius 2 is 1.95 bits per heavy atom. The molecule has 1 aliphatic carbocycles. The standard InChI is InChI=1S/C13H23N3O2S/c1-3-12-14-10-13(15-12)19(17,18)16(2)11-8-6-4-5-7-9-11/h10-11H,3-9H2,1-2H3,(H,14,15). The molecule has 1 saturated carbocycles. The number of imidazole rings is 1. The lowest BCUT2D eigenvalue weighted by atomic mass is 10.1. The van der Waals surface area contributed by atoms with Gasteiger partial charge in [0.2, 0.25) is 0 Å². The van der Waals surface area contributed by atoms with Crippen LogP contribution in [0, 0.1) is 0 Å². The summed E-state index contributed by atoms with van der Waals surface area (Å²) in [5.74, 6) is 0.716. The Balaban J connectivity index is 2.17. The SMILES string of the molecule is CCc1ncc(S(=O)(=O)N(C)C2CCCCCC2)[nH]1. The predicted molar refractivity (Wildman–Crippen MR) is 74.4 cm³/mol. The second-order valence-corrected chi connectivity index (χ2v) is 7.18. The van der Waals surface area contributed by atoms with Crippen molar-refractivity contribution in [2.45, 2.75) is 62.9 Å². The molecule has 1 heterocycles. The molecule has 0 amide bonds. The third kappa shape index (κ3) is 3.17. The number of rotatable bonds is 4. The number of aryl methyl sites for hydroxylation is 1. The van der Waals surface area contributed by atoms with Gasteiger partial charge in [0.05, 0.1) is 6.20 Å². The highest BCUT2D eigenvalue weighted by Crippen LogP contribution is 2.25. The molecule has 1 N–H and O–H groups in total. The lowest BCUT2D eigenvalue weighted by Crippen LogP contribution is -2.36. The number of aromatic nitrogens is 2. The Hall–Kier alpha value is -0.880. The van der Waals surface area contributed by atoms with Crippen LogP contribution in [0.2, 0.25) is 0 Å². The van der Waals surface area contributed by atoms with Gasteiger partial charge in [-0.3, -0.25) is 0 Å². The van der Waals surface area contributed by atoms with Gasteiger partial charge in [-0.2, -0.15) is 4.31 Å². The van der Waals surface area contributed by atoms with E-state index in [2.05, 4.69) is 9.97 Å². The zero-order valence-electron chi connectivity index (χ0n) is 11.7. The summed E-state index contributed by atoms with van der Waals surface area (Å²) < 4.78 is 26.6. The molecule has 1 aliphatic rings. The van der Waals surface area contributed by atoms with Gasteiger partial charge in [-0.15, -0.1) is 0 Å². The summed E-state index contributed by atoms with van der Waals surface area (Å²) in [4.78, 5) is 6.98. The summed E-state index contributed by atoms with van der Waals surface area (Å²) in [5.41, 5.74) is 0. The van der Waals surface area contributed by atoms with E-state index in [9.17, 15) is 8.42 Å². The van der Waals surface area contributed by atoms with Crippen molar-refractivity contribution in [3.63, 3.8) is 0 Å². The van der Waals surface area contributed by atoms with Crippen LogP contribution in [0.3, 0.4) is 0 Å². The Morgan fingerprint density at radius 1 is 1.32 bits per heavy atom. The van der Waals surface area contributed by atoms with Crippen LogP contribution in [-0.4, -0.2) is 35.8 Å². The van der Waals surface area contributed by atoms with Crippen LogP contribution in [0.25, 0.3) is 0 Å². The Labute approximate surface area is 115 Å². The average Bonchev–Trinajstić information content (AvgIpc) is 2.74. The number of H-pyrrole nitrogens is 1. The van der Waals surface area contributed by atoms with Gasteiger partial charge >= 0.3 is 0 Å². The molecule has 0 aromatic carbocycles. The van der Waals surface area contributed by atoms with Gasteiger partial charge < -0.3 is 4.98 Å². The van der Waals surface area contributed by atoms with Gasteiger partial charge in [0.25, 0.3) is 10.0 Å². The molecule has 6 heteroatoms. The molecule has 0 aliphatic heterocycles. The van der Waals surface area contributed by atoms with Crippen LogP contribution in [0.15, 0.2) is 11.2 Å². The van der Waals surface area contributed by atoms with Crippen LogP contribution in [-0.2, 0) is 16.4 Å². The van der Waals surface area contributed by atoms with Gasteiger partial charge in [0.1, 0.15) is 5.82 Å². The van der Waals surface area contributed by atoms with Crippen LogP contribution in [0.1, 0.15) is 51.3 Å². The van der Waals surface area contributed by atoms with Crippen molar-refractivity contribution in [3.8, 4) is 0 Å². The molecule has 0 unspecified atom stereocenters. The summed E-state index contributed by atoms with van der Waals surface area (Å²) in [6.07, 6.45) is 8.74. The molecular formula is C13H23N3O2S. The summed E-state index contributed by atoms with van der Waals surface area (Å²) in [6.45, 7) is 1.95. The minimum absolute atomic E-state index is 0.126. The summed E-state index contributed by atoms with van der Waals surface area (Å²) in [5, 5.41) is 0.219. The van der Waals surface area contributed by atoms with Gasteiger partial charge in [-0.05, 0) is 12.8 Å². The molecular weight excluding hydrogens is 262 g/mol. The van der Waals surface area contributed by atoms with E-state index in [0.29, 0.717) is 12.2 Å². The zero-order chi connectivity index (χ0) is 13.9. The molecule has 0 saturated heterocycles. The van der Waals surface area contributed by atoms with Crippen molar-refractivity contribution in [2.24, 2.45) is 0 Å². The van der Waals surface area contributed by atoms with Gasteiger partial charge in [0, 0.05) is 19.5 Å². The molecule has 0 bridgehead atoms. The van der Waals surface area contributed by atoms with E-state index in [4.69, 9.17) is 0 Å². The predicted octanol–water partition coefficient (Wildman–Crippen LogP) is 2.32. The largest absolute Gasteiger partial charge is 0.332 e. The van der Waals surface area contributed by atoms with Gasteiger partial charge in [0.15, 0.2) is 5.03 Å². The molecule has 0 radical (unpaired) electrons. The zero-order valence-corrected chi connectivity index (χ0v) is 12.5. The highest BCUT2D eigenvalue weighted by Gasteiger charge is 2.29. The monoisotopic (exact) mass is 285 g/mol. The molecule has 0 spiro atoms. The number of sulfonamides is 1. The number of nitrogens with one attached hydrogen (secondary N) is 1. The molecule has 19 heavy (non-hydrogen) atoms. The summed E-state index contributed by atoms with van der Waals surface area (Å²) >= 11 is 0. The molecule has 1 fully saturated rings. The third-order valence-electron chi connectivity index (χ3n) is 3.94. The Kier molecular flexibility index (Phi) is 4.62. The lowest BCUT2D eigenvalue weighted by molar-refractivity contribution is 0.335. The minimum atomic E-state index is -3.43. The van der Waals surface area contributed by atoms with Crippen molar-refractivity contribution in [1.82, 2.24) is 14.3 Å². The number of nitrogens with zero attached hydrogens (tertiary/aromatic N) is 2. The fourth-order valence-corrected chi connectivity index (χ4v) is 3.97. The first kappa shape index (κ1) is 14.5. The molecule has 1 aromatic heterocycles. The van der Waals surface area contributed by atoms with Crippen molar-refractivity contribution >= 4 is 10.0 Å². The van der Waals surface area contributed by atoms with Crippen molar-refractivity contribution in [2.75, 3.05) is 7.05 Å². The first-order valence-electron chi connectivity index (χ1n) is 7.07. The number of hydrogen-bond donors (Lipinski definition) is 1. The fraction of sp³-hybridized carbons (Fsp3) is 0.769. The molecule has 2 rings (SSSR count). The molecule has 5 nitrogen and oxygen atoms in total. The smallest absolute Gasteiger partial charge is 0.260 e. The van der Waals surface area contributed by atoms with Crippen LogP contribution < -0.4 is 0 Å². The first-order valence-corrected chi connectivity index (χ1v) is 8.51. The van der Waals surface area contributed by atoms with Crippen LogP contribution in [0.5, 0.6) is 0 Å². The minimum Gasteiger partial charge on any atom is -0.332 e. The van der Waals surface area contributed by atoms with Crippen molar-refractivity contribution < 1.29 is 8.42 Å². The maximum Gasteiger partial charge on any atom is 0.260 e. The van der Waals surface area contributed by atoms with Crippen molar-refractivity contribution in [3.05, 3.63) is 12.0 Å². The van der Waals surface area contributed by atoms with E-state index in [-0.39, 0.29) is 11.1 Å². The highest BCUT2D eigenvalue weighted by atomic mass is 32.2. The van der Waals surface area contributed by atoms with Gasteiger partial charge in [-0.25, -0.2) is 13.4 Å². The van der Waals surface area contributed by atoms with E-state index < -0.39 is 10.0 Å². The third-order valence-corrected chi connectivity index (χ3v) is 5.76. The molecule has 108 valence electrons. The van der Waals surface area contributed by atoms with E-state index >= 15 is 0 Å². The van der Waals surface area contributed by atoms with Gasteiger partial charge in [-0.1, -0.05) is 32.6 Å². The van der Waals surface area contributed by atoms with E-state index in [0.717, 1.165) is 25.7 Å². The second kappa shape index (κ2) is 6.05. The summed E-state index contributed by atoms with van der Waals surface area (Å²) in [6, 6.07) is 0.126. The molecule has 1 aromatic rings. The highest BCUT2D eigenvalue weighted by molar-refractivity contribution is 7.89. The Morgan fingerprint density at radius 3 is 2.47 bits per heavy atom. The topological polar surface area (TPSA) is 66.1 Å². The van der Waals surface area contributed by atoms with E-state index in [1.54, 1.807) is 7.05 Å². The van der Waals surface area contributed by atoms with E-state index in [1.165, 1.54) is 23.3 Å². The maximum absolute atomic E-state index is 12.5. The Bertz CT molecular complexity index is 502. The number of hydrogen-bond acceptors (Lipinski definition) is 3. The maximum atomic E-state index is 12.5. The number of aromatic amines is 1. The van der Waals surface area contributed by atoms with Crippen LogP contribution in [0.4, 0.5) is 0 Å². The van der Waals surface area contributed by atoms with Crippen molar-refractivity contribution in [1.29, 1.82) is 0 Å². The van der Waals surface area contributed by atoms with Crippen LogP contribution >= 0.6 is 0 Å². The molecule has 0 atom stereocenters. The quantitative estimate of drug-likeness (QED) is 0.863.